The third kappa shape index (κ3) is 4.10. The lowest BCUT2D eigenvalue weighted by molar-refractivity contribution is 0.0689. The average Bonchev–Trinajstić information content (AvgIpc) is 2.64. The van der Waals surface area contributed by atoms with Crippen LogP contribution in [0.3, 0.4) is 0 Å². The molecular weight excluding hydrogens is 190 g/mol. The summed E-state index contributed by atoms with van der Waals surface area (Å²) in [6, 6.07) is 0.400. The van der Waals surface area contributed by atoms with Crippen LogP contribution in [0.1, 0.15) is 46.5 Å². The predicted molar refractivity (Wildman–Crippen MR) is 60.8 cm³/mol. The highest BCUT2D eigenvalue weighted by Gasteiger charge is 2.25. The van der Waals surface area contributed by atoms with Crippen molar-refractivity contribution in [3.63, 3.8) is 0 Å². The molecule has 0 bridgehead atoms. The van der Waals surface area contributed by atoms with Crippen LogP contribution in [0.2, 0.25) is 0 Å². The highest BCUT2D eigenvalue weighted by atomic mass is 16.6. The van der Waals surface area contributed by atoms with E-state index in [0.29, 0.717) is 12.6 Å². The number of hydrogen-bond donors (Lipinski definition) is 0. The third-order valence-corrected chi connectivity index (χ3v) is 2.79. The fourth-order valence-corrected chi connectivity index (χ4v) is 1.82. The first-order valence-corrected chi connectivity index (χ1v) is 5.80. The minimum atomic E-state index is -0.170. The Morgan fingerprint density at radius 1 is 1.33 bits per heavy atom. The first-order chi connectivity index (χ1) is 6.90. The monoisotopic (exact) mass is 213 g/mol. The van der Waals surface area contributed by atoms with Gasteiger partial charge in [-0.05, 0) is 18.3 Å². The van der Waals surface area contributed by atoms with Gasteiger partial charge in [-0.1, -0.05) is 33.6 Å². The zero-order chi connectivity index (χ0) is 11.5. The lowest BCUT2D eigenvalue weighted by Gasteiger charge is -2.26. The van der Waals surface area contributed by atoms with Gasteiger partial charge in [-0.15, -0.1) is 0 Å². The smallest absolute Gasteiger partial charge is 0.409 e. The van der Waals surface area contributed by atoms with Gasteiger partial charge in [0.05, 0.1) is 6.61 Å². The molecule has 1 rings (SSSR count). The van der Waals surface area contributed by atoms with Gasteiger partial charge < -0.3 is 9.64 Å². The van der Waals surface area contributed by atoms with Crippen molar-refractivity contribution in [3.05, 3.63) is 0 Å². The molecule has 0 N–H and O–H groups in total. The molecule has 0 spiro atoms. The fourth-order valence-electron chi connectivity index (χ4n) is 1.82. The maximum Gasteiger partial charge on any atom is 0.409 e. The van der Waals surface area contributed by atoms with Gasteiger partial charge in [0.1, 0.15) is 0 Å². The van der Waals surface area contributed by atoms with E-state index in [2.05, 4.69) is 20.8 Å². The van der Waals surface area contributed by atoms with Crippen molar-refractivity contribution in [3.8, 4) is 0 Å². The Morgan fingerprint density at radius 3 is 2.33 bits per heavy atom. The molecule has 15 heavy (non-hydrogen) atoms. The SMILES string of the molecule is CN(C(=O)OCC(C)(C)C)C1CCCC1. The van der Waals surface area contributed by atoms with Crippen molar-refractivity contribution in [2.24, 2.45) is 5.41 Å². The lowest BCUT2D eigenvalue weighted by Crippen LogP contribution is -2.37. The largest absolute Gasteiger partial charge is 0.449 e. The Balaban J connectivity index is 2.32. The summed E-state index contributed by atoms with van der Waals surface area (Å²) in [6.45, 7) is 6.68. The molecule has 1 amide bonds. The van der Waals surface area contributed by atoms with Crippen LogP contribution >= 0.6 is 0 Å². The molecule has 0 heterocycles. The standard InChI is InChI=1S/C12H23NO2/c1-12(2,3)9-15-11(14)13(4)10-7-5-6-8-10/h10H,5-9H2,1-4H3. The summed E-state index contributed by atoms with van der Waals surface area (Å²) in [7, 11) is 1.85. The van der Waals surface area contributed by atoms with Crippen LogP contribution in [0.4, 0.5) is 4.79 Å². The van der Waals surface area contributed by atoms with Gasteiger partial charge in [0.15, 0.2) is 0 Å². The van der Waals surface area contributed by atoms with Crippen LogP contribution in [-0.2, 0) is 4.74 Å². The third-order valence-electron chi connectivity index (χ3n) is 2.79. The van der Waals surface area contributed by atoms with E-state index in [1.807, 2.05) is 7.05 Å². The number of ether oxygens (including phenoxy) is 1. The summed E-state index contributed by atoms with van der Waals surface area (Å²) in [4.78, 5) is 13.4. The maximum absolute atomic E-state index is 11.7. The summed E-state index contributed by atoms with van der Waals surface area (Å²) in [5.41, 5.74) is 0.0478. The highest BCUT2D eigenvalue weighted by Crippen LogP contribution is 2.23. The molecule has 3 nitrogen and oxygen atoms in total. The van der Waals surface area contributed by atoms with Crippen molar-refractivity contribution >= 4 is 6.09 Å². The molecule has 1 fully saturated rings. The van der Waals surface area contributed by atoms with Crippen molar-refractivity contribution in [2.75, 3.05) is 13.7 Å². The lowest BCUT2D eigenvalue weighted by atomic mass is 9.99. The summed E-state index contributed by atoms with van der Waals surface area (Å²) < 4.78 is 5.27. The second-order valence-electron chi connectivity index (χ2n) is 5.66. The minimum absolute atomic E-state index is 0.0478. The van der Waals surface area contributed by atoms with E-state index < -0.39 is 0 Å². The van der Waals surface area contributed by atoms with E-state index in [9.17, 15) is 4.79 Å². The van der Waals surface area contributed by atoms with Crippen molar-refractivity contribution in [2.45, 2.75) is 52.5 Å². The van der Waals surface area contributed by atoms with Gasteiger partial charge in [0.2, 0.25) is 0 Å². The molecule has 0 aliphatic heterocycles. The molecule has 0 aromatic carbocycles. The van der Waals surface area contributed by atoms with E-state index in [0.717, 1.165) is 12.8 Å². The van der Waals surface area contributed by atoms with E-state index in [1.165, 1.54) is 12.8 Å². The van der Waals surface area contributed by atoms with Crippen LogP contribution < -0.4 is 0 Å². The molecule has 0 aromatic heterocycles. The molecule has 0 radical (unpaired) electrons. The molecule has 1 saturated carbocycles. The maximum atomic E-state index is 11.7. The first kappa shape index (κ1) is 12.3. The van der Waals surface area contributed by atoms with Gasteiger partial charge >= 0.3 is 6.09 Å². The number of carbonyl (C=O) groups excluding carboxylic acids is 1. The topological polar surface area (TPSA) is 29.5 Å². The minimum Gasteiger partial charge on any atom is -0.449 e. The van der Waals surface area contributed by atoms with Crippen LogP contribution in [0.15, 0.2) is 0 Å². The molecule has 0 aromatic rings. The Morgan fingerprint density at radius 2 is 1.87 bits per heavy atom. The van der Waals surface area contributed by atoms with Crippen LogP contribution in [0, 0.1) is 5.41 Å². The van der Waals surface area contributed by atoms with Crippen LogP contribution in [-0.4, -0.2) is 30.7 Å². The normalized spacial score (nSPS) is 17.9. The Kier molecular flexibility index (Phi) is 4.00. The number of nitrogens with zero attached hydrogens (tertiary/aromatic N) is 1. The van der Waals surface area contributed by atoms with Crippen molar-refractivity contribution in [1.29, 1.82) is 0 Å². The number of amides is 1. The highest BCUT2D eigenvalue weighted by molar-refractivity contribution is 5.67. The second-order valence-corrected chi connectivity index (χ2v) is 5.66. The van der Waals surface area contributed by atoms with Crippen LogP contribution in [0.25, 0.3) is 0 Å². The molecular formula is C12H23NO2. The zero-order valence-corrected chi connectivity index (χ0v) is 10.4. The van der Waals surface area contributed by atoms with E-state index in [1.54, 1.807) is 4.90 Å². The summed E-state index contributed by atoms with van der Waals surface area (Å²) in [5, 5.41) is 0. The van der Waals surface area contributed by atoms with E-state index >= 15 is 0 Å². The molecule has 0 saturated heterocycles. The molecule has 88 valence electrons. The van der Waals surface area contributed by atoms with E-state index in [4.69, 9.17) is 4.74 Å². The van der Waals surface area contributed by atoms with Crippen molar-refractivity contribution < 1.29 is 9.53 Å². The average molecular weight is 213 g/mol. The van der Waals surface area contributed by atoms with Gasteiger partial charge in [-0.25, -0.2) is 4.79 Å². The first-order valence-electron chi connectivity index (χ1n) is 5.80. The second kappa shape index (κ2) is 4.86. The summed E-state index contributed by atoms with van der Waals surface area (Å²) in [5.74, 6) is 0. The number of hydrogen-bond acceptors (Lipinski definition) is 2. The summed E-state index contributed by atoms with van der Waals surface area (Å²) in [6.07, 6.45) is 4.56. The summed E-state index contributed by atoms with van der Waals surface area (Å²) >= 11 is 0. The Labute approximate surface area is 92.8 Å². The number of carbonyl (C=O) groups is 1. The fraction of sp³-hybridized carbons (Fsp3) is 0.917. The molecule has 3 heteroatoms. The molecule has 1 aliphatic carbocycles. The van der Waals surface area contributed by atoms with E-state index in [-0.39, 0.29) is 11.5 Å². The van der Waals surface area contributed by atoms with Gasteiger partial charge in [-0.3, -0.25) is 0 Å². The molecule has 0 atom stereocenters. The van der Waals surface area contributed by atoms with Gasteiger partial charge in [-0.2, -0.15) is 0 Å². The number of rotatable bonds is 2. The van der Waals surface area contributed by atoms with Crippen molar-refractivity contribution in [1.82, 2.24) is 4.90 Å². The quantitative estimate of drug-likeness (QED) is 0.705. The van der Waals surface area contributed by atoms with Gasteiger partial charge in [0.25, 0.3) is 0 Å². The molecule has 1 aliphatic rings. The Hall–Kier alpha value is -0.730. The zero-order valence-electron chi connectivity index (χ0n) is 10.4. The molecule has 0 unspecified atom stereocenters. The predicted octanol–water partition coefficient (Wildman–Crippen LogP) is 3.04. The van der Waals surface area contributed by atoms with Crippen LogP contribution in [0.5, 0.6) is 0 Å². The Bertz CT molecular complexity index is 214. The van der Waals surface area contributed by atoms with Gasteiger partial charge in [0, 0.05) is 13.1 Å².